The molecule has 2 aromatic rings. The SMILES string of the molecule is Cc1cc(Oc2ccc(I)cc2C(=O)O)ncn1. The van der Waals surface area contributed by atoms with Crippen molar-refractivity contribution in [2.45, 2.75) is 6.92 Å². The van der Waals surface area contributed by atoms with Gasteiger partial charge >= 0.3 is 5.97 Å². The summed E-state index contributed by atoms with van der Waals surface area (Å²) in [7, 11) is 0. The first kappa shape index (κ1) is 12.7. The predicted molar refractivity (Wildman–Crippen MR) is 73.0 cm³/mol. The van der Waals surface area contributed by atoms with Crippen LogP contribution in [0, 0.1) is 10.5 Å². The molecule has 0 saturated heterocycles. The molecular formula is C12H9IN2O3. The van der Waals surface area contributed by atoms with E-state index in [2.05, 4.69) is 9.97 Å². The van der Waals surface area contributed by atoms with E-state index in [0.717, 1.165) is 9.26 Å². The fraction of sp³-hybridized carbons (Fsp3) is 0.0833. The summed E-state index contributed by atoms with van der Waals surface area (Å²) < 4.78 is 6.30. The van der Waals surface area contributed by atoms with Gasteiger partial charge in [0.15, 0.2) is 0 Å². The van der Waals surface area contributed by atoms with Gasteiger partial charge in [-0.05, 0) is 47.7 Å². The van der Waals surface area contributed by atoms with Crippen LogP contribution in [0.25, 0.3) is 0 Å². The van der Waals surface area contributed by atoms with Crippen molar-refractivity contribution < 1.29 is 14.6 Å². The quantitative estimate of drug-likeness (QED) is 0.857. The fourth-order valence-electron chi connectivity index (χ4n) is 1.36. The molecule has 0 unspecified atom stereocenters. The lowest BCUT2D eigenvalue weighted by atomic mass is 10.2. The highest BCUT2D eigenvalue weighted by Gasteiger charge is 2.13. The molecule has 18 heavy (non-hydrogen) atoms. The van der Waals surface area contributed by atoms with Crippen molar-refractivity contribution in [1.29, 1.82) is 0 Å². The Morgan fingerprint density at radius 2 is 2.11 bits per heavy atom. The largest absolute Gasteiger partial charge is 0.478 e. The Kier molecular flexibility index (Phi) is 3.75. The Labute approximate surface area is 117 Å². The summed E-state index contributed by atoms with van der Waals surface area (Å²) in [6.07, 6.45) is 1.37. The van der Waals surface area contributed by atoms with Crippen molar-refractivity contribution in [2.24, 2.45) is 0 Å². The van der Waals surface area contributed by atoms with Crippen molar-refractivity contribution in [1.82, 2.24) is 9.97 Å². The summed E-state index contributed by atoms with van der Waals surface area (Å²) in [6, 6.07) is 6.58. The number of hydrogen-bond donors (Lipinski definition) is 1. The second kappa shape index (κ2) is 5.30. The molecule has 92 valence electrons. The van der Waals surface area contributed by atoms with Gasteiger partial charge in [0.05, 0.1) is 0 Å². The zero-order chi connectivity index (χ0) is 13.1. The number of nitrogens with zero attached hydrogens (tertiary/aromatic N) is 2. The van der Waals surface area contributed by atoms with Crippen molar-refractivity contribution in [3.05, 3.63) is 45.4 Å². The molecule has 5 nitrogen and oxygen atoms in total. The zero-order valence-corrected chi connectivity index (χ0v) is 11.6. The molecule has 1 aromatic carbocycles. The van der Waals surface area contributed by atoms with E-state index in [1.165, 1.54) is 6.33 Å². The summed E-state index contributed by atoms with van der Waals surface area (Å²) in [4.78, 5) is 19.0. The number of hydrogen-bond acceptors (Lipinski definition) is 4. The molecule has 0 aliphatic heterocycles. The maximum Gasteiger partial charge on any atom is 0.339 e. The van der Waals surface area contributed by atoms with E-state index < -0.39 is 5.97 Å². The number of carboxylic acids is 1. The lowest BCUT2D eigenvalue weighted by Crippen LogP contribution is -2.01. The number of ether oxygens (including phenoxy) is 1. The van der Waals surface area contributed by atoms with Gasteiger partial charge in [-0.15, -0.1) is 0 Å². The third-order valence-corrected chi connectivity index (χ3v) is 2.84. The number of carbonyl (C=O) groups is 1. The molecule has 0 atom stereocenters. The maximum atomic E-state index is 11.1. The van der Waals surface area contributed by atoms with E-state index in [9.17, 15) is 4.79 Å². The Balaban J connectivity index is 2.37. The van der Waals surface area contributed by atoms with Crippen LogP contribution in [-0.4, -0.2) is 21.0 Å². The van der Waals surface area contributed by atoms with Gasteiger partial charge in [0.1, 0.15) is 17.6 Å². The van der Waals surface area contributed by atoms with Crippen molar-refractivity contribution in [3.8, 4) is 11.6 Å². The van der Waals surface area contributed by atoms with E-state index in [-0.39, 0.29) is 11.3 Å². The molecule has 2 rings (SSSR count). The molecule has 0 bridgehead atoms. The average molecular weight is 356 g/mol. The van der Waals surface area contributed by atoms with Crippen LogP contribution in [0.4, 0.5) is 0 Å². The third-order valence-electron chi connectivity index (χ3n) is 2.17. The summed E-state index contributed by atoms with van der Waals surface area (Å²) in [5.41, 5.74) is 0.862. The minimum absolute atomic E-state index is 0.109. The van der Waals surface area contributed by atoms with Gasteiger partial charge in [0, 0.05) is 15.3 Å². The normalized spacial score (nSPS) is 10.1. The van der Waals surface area contributed by atoms with Crippen LogP contribution in [0.1, 0.15) is 16.1 Å². The molecule has 1 aromatic heterocycles. The number of aryl methyl sites for hydroxylation is 1. The summed E-state index contributed by atoms with van der Waals surface area (Å²) >= 11 is 2.05. The fourth-order valence-corrected chi connectivity index (χ4v) is 1.85. The summed E-state index contributed by atoms with van der Waals surface area (Å²) in [5.74, 6) is -0.443. The molecule has 0 spiro atoms. The van der Waals surface area contributed by atoms with E-state index >= 15 is 0 Å². The number of benzene rings is 1. The third kappa shape index (κ3) is 2.95. The second-order valence-corrected chi connectivity index (χ2v) is 4.79. The first-order chi connectivity index (χ1) is 8.56. The Morgan fingerprint density at radius 3 is 2.78 bits per heavy atom. The van der Waals surface area contributed by atoms with Crippen LogP contribution in [0.3, 0.4) is 0 Å². The monoisotopic (exact) mass is 356 g/mol. The number of halogens is 1. The molecule has 0 radical (unpaired) electrons. The first-order valence-electron chi connectivity index (χ1n) is 5.05. The van der Waals surface area contributed by atoms with Crippen LogP contribution >= 0.6 is 22.6 Å². The second-order valence-electron chi connectivity index (χ2n) is 3.55. The van der Waals surface area contributed by atoms with Crippen LogP contribution in [-0.2, 0) is 0 Å². The Morgan fingerprint density at radius 1 is 1.33 bits per heavy atom. The van der Waals surface area contributed by atoms with Crippen LogP contribution < -0.4 is 4.74 Å². The molecule has 1 heterocycles. The van der Waals surface area contributed by atoms with Crippen molar-refractivity contribution >= 4 is 28.6 Å². The van der Waals surface area contributed by atoms with Crippen LogP contribution in [0.5, 0.6) is 11.6 Å². The van der Waals surface area contributed by atoms with Gasteiger partial charge < -0.3 is 9.84 Å². The zero-order valence-electron chi connectivity index (χ0n) is 9.42. The molecule has 0 amide bonds. The summed E-state index contributed by atoms with van der Waals surface area (Å²) in [5, 5.41) is 9.11. The number of aromatic carboxylic acids is 1. The molecule has 0 aliphatic carbocycles. The highest BCUT2D eigenvalue weighted by atomic mass is 127. The average Bonchev–Trinajstić information content (AvgIpc) is 2.31. The predicted octanol–water partition coefficient (Wildman–Crippen LogP) is 2.88. The van der Waals surface area contributed by atoms with Crippen molar-refractivity contribution in [2.75, 3.05) is 0 Å². The minimum Gasteiger partial charge on any atom is -0.478 e. The first-order valence-corrected chi connectivity index (χ1v) is 6.13. The van der Waals surface area contributed by atoms with Crippen LogP contribution in [0.2, 0.25) is 0 Å². The van der Waals surface area contributed by atoms with Gasteiger partial charge in [-0.25, -0.2) is 14.8 Å². The van der Waals surface area contributed by atoms with Gasteiger partial charge in [-0.1, -0.05) is 0 Å². The van der Waals surface area contributed by atoms with E-state index in [4.69, 9.17) is 9.84 Å². The molecule has 0 aliphatic rings. The van der Waals surface area contributed by atoms with Gasteiger partial charge in [0.2, 0.25) is 5.88 Å². The minimum atomic E-state index is -1.03. The van der Waals surface area contributed by atoms with Gasteiger partial charge in [-0.2, -0.15) is 0 Å². The molecule has 0 fully saturated rings. The lowest BCUT2D eigenvalue weighted by molar-refractivity contribution is 0.0694. The number of carboxylic acid groups (broad SMARTS) is 1. The molecule has 1 N–H and O–H groups in total. The number of aromatic nitrogens is 2. The topological polar surface area (TPSA) is 72.3 Å². The van der Waals surface area contributed by atoms with E-state index in [0.29, 0.717) is 5.88 Å². The summed E-state index contributed by atoms with van der Waals surface area (Å²) in [6.45, 7) is 1.81. The molecule has 6 heteroatoms. The van der Waals surface area contributed by atoms with Crippen LogP contribution in [0.15, 0.2) is 30.6 Å². The molecule has 0 saturated carbocycles. The maximum absolute atomic E-state index is 11.1. The molecular weight excluding hydrogens is 347 g/mol. The van der Waals surface area contributed by atoms with Gasteiger partial charge in [0.25, 0.3) is 0 Å². The highest BCUT2D eigenvalue weighted by Crippen LogP contribution is 2.25. The van der Waals surface area contributed by atoms with Crippen molar-refractivity contribution in [3.63, 3.8) is 0 Å². The Bertz CT molecular complexity index is 602. The number of rotatable bonds is 3. The lowest BCUT2D eigenvalue weighted by Gasteiger charge is -2.08. The van der Waals surface area contributed by atoms with Gasteiger partial charge in [-0.3, -0.25) is 0 Å². The smallest absolute Gasteiger partial charge is 0.339 e. The standard InChI is InChI=1S/C12H9IN2O3/c1-7-4-11(15-6-14-7)18-10-3-2-8(13)5-9(10)12(16)17/h2-6H,1H3,(H,16,17). The highest BCUT2D eigenvalue weighted by molar-refractivity contribution is 14.1. The van der Waals surface area contributed by atoms with E-state index in [1.807, 2.05) is 22.6 Å². The van der Waals surface area contributed by atoms with E-state index in [1.54, 1.807) is 31.2 Å². The Hall–Kier alpha value is -1.70.